The summed E-state index contributed by atoms with van der Waals surface area (Å²) in [7, 11) is 0. The van der Waals surface area contributed by atoms with Crippen molar-refractivity contribution < 1.29 is 14.7 Å². The molecule has 0 bridgehead atoms. The molecule has 6 heteroatoms. The Kier molecular flexibility index (Phi) is 6.55. The molecule has 4 nitrogen and oxygen atoms in total. The van der Waals surface area contributed by atoms with Crippen LogP contribution in [0.3, 0.4) is 0 Å². The molecule has 1 aromatic carbocycles. The molecule has 2 N–H and O–H groups in total. The first-order valence-electron chi connectivity index (χ1n) is 6.10. The highest BCUT2D eigenvalue weighted by molar-refractivity contribution is 6.34. The molecule has 20 heavy (non-hydrogen) atoms. The van der Waals surface area contributed by atoms with E-state index in [0.29, 0.717) is 28.5 Å². The summed E-state index contributed by atoms with van der Waals surface area (Å²) in [5.74, 6) is -1.51. The van der Waals surface area contributed by atoms with Gasteiger partial charge in [-0.2, -0.15) is 0 Å². The maximum Gasteiger partial charge on any atom is 0.326 e. The molecule has 0 saturated carbocycles. The van der Waals surface area contributed by atoms with Crippen LogP contribution in [0, 0.1) is 0 Å². The number of hydrogen-bond donors (Lipinski definition) is 2. The summed E-state index contributed by atoms with van der Waals surface area (Å²) in [5.41, 5.74) is 0.667. The fourth-order valence-electron chi connectivity index (χ4n) is 1.61. The number of carboxylic acids is 1. The van der Waals surface area contributed by atoms with Gasteiger partial charge in [0.15, 0.2) is 0 Å². The lowest BCUT2D eigenvalue weighted by molar-refractivity contribution is -0.141. The highest BCUT2D eigenvalue weighted by atomic mass is 35.5. The third-order valence-corrected chi connectivity index (χ3v) is 2.94. The van der Waals surface area contributed by atoms with Crippen LogP contribution in [0.1, 0.15) is 25.3 Å². The lowest BCUT2D eigenvalue weighted by Gasteiger charge is -2.11. The number of carbonyl (C=O) groups is 2. The van der Waals surface area contributed by atoms with E-state index in [2.05, 4.69) is 5.32 Å². The van der Waals surface area contributed by atoms with Gasteiger partial charge in [-0.05, 0) is 36.3 Å². The Morgan fingerprint density at radius 1 is 1.30 bits per heavy atom. The summed E-state index contributed by atoms with van der Waals surface area (Å²) >= 11 is 11.7. The van der Waals surface area contributed by atoms with E-state index in [9.17, 15) is 9.59 Å². The molecule has 0 radical (unpaired) electrons. The molecule has 108 valence electrons. The second-order valence-electron chi connectivity index (χ2n) is 4.22. The zero-order valence-electron chi connectivity index (χ0n) is 10.9. The van der Waals surface area contributed by atoms with Crippen molar-refractivity contribution in [1.29, 1.82) is 0 Å². The maximum atomic E-state index is 11.6. The average Bonchev–Trinajstić information content (AvgIpc) is 2.34. The largest absolute Gasteiger partial charge is 0.480 e. The van der Waals surface area contributed by atoms with Gasteiger partial charge in [0.25, 0.3) is 0 Å². The minimum Gasteiger partial charge on any atom is -0.480 e. The smallest absolute Gasteiger partial charge is 0.326 e. The number of aliphatic carboxylic acids is 1. The second-order valence-corrected chi connectivity index (χ2v) is 5.10. The molecule has 0 aromatic heterocycles. The Balaban J connectivity index is 2.69. The summed E-state index contributed by atoms with van der Waals surface area (Å²) in [6, 6.07) is 4.01. The van der Waals surface area contributed by atoms with Gasteiger partial charge in [0, 0.05) is 16.1 Å². The molecule has 1 rings (SSSR count). The van der Waals surface area contributed by atoms with Gasteiger partial charge in [-0.1, -0.05) is 36.5 Å². The molecule has 0 spiro atoms. The van der Waals surface area contributed by atoms with Gasteiger partial charge in [-0.25, -0.2) is 4.79 Å². The minimum atomic E-state index is -1.04. The first kappa shape index (κ1) is 16.5. The van der Waals surface area contributed by atoms with Gasteiger partial charge in [-0.15, -0.1) is 0 Å². The predicted octanol–water partition coefficient (Wildman–Crippen LogP) is 3.38. The first-order chi connectivity index (χ1) is 9.42. The summed E-state index contributed by atoms with van der Waals surface area (Å²) in [6.45, 7) is 1.85. The highest BCUT2D eigenvalue weighted by Gasteiger charge is 2.17. The molecular weight excluding hydrogens is 301 g/mol. The van der Waals surface area contributed by atoms with E-state index in [1.54, 1.807) is 18.2 Å². The Bertz CT molecular complexity index is 509. The molecule has 1 aromatic rings. The maximum absolute atomic E-state index is 11.6. The van der Waals surface area contributed by atoms with Crippen molar-refractivity contribution in [3.05, 3.63) is 39.9 Å². The monoisotopic (exact) mass is 315 g/mol. The van der Waals surface area contributed by atoms with Crippen LogP contribution in [0.15, 0.2) is 24.3 Å². The molecule has 1 atom stereocenters. The van der Waals surface area contributed by atoms with Crippen LogP contribution in [0.25, 0.3) is 6.08 Å². The first-order valence-corrected chi connectivity index (χ1v) is 6.85. The van der Waals surface area contributed by atoms with Crippen LogP contribution in [-0.4, -0.2) is 23.0 Å². The van der Waals surface area contributed by atoms with Crippen LogP contribution in [0.5, 0.6) is 0 Å². The fraction of sp³-hybridized carbons (Fsp3) is 0.286. The van der Waals surface area contributed by atoms with Gasteiger partial charge in [0.1, 0.15) is 6.04 Å². The Hall–Kier alpha value is -1.52. The third-order valence-electron chi connectivity index (χ3n) is 2.50. The van der Waals surface area contributed by atoms with Crippen LogP contribution in [0.2, 0.25) is 10.0 Å². The van der Waals surface area contributed by atoms with Crippen LogP contribution < -0.4 is 5.32 Å². The lowest BCUT2D eigenvalue weighted by Crippen LogP contribution is -2.39. The Morgan fingerprint density at radius 2 is 1.90 bits per heavy atom. The number of halogens is 2. The molecule has 0 aliphatic rings. The van der Waals surface area contributed by atoms with E-state index in [4.69, 9.17) is 28.3 Å². The molecular formula is C14H15Cl2NO3. The number of nitrogens with one attached hydrogen (secondary N) is 1. The molecule has 0 aliphatic carbocycles. The number of benzene rings is 1. The van der Waals surface area contributed by atoms with E-state index in [-0.39, 0.29) is 0 Å². The molecule has 0 fully saturated rings. The SMILES string of the molecule is CCC[C@H](NC(=O)/C=C/c1cc(Cl)cc(Cl)c1)C(=O)O. The topological polar surface area (TPSA) is 66.4 Å². The second kappa shape index (κ2) is 7.92. The fourth-order valence-corrected chi connectivity index (χ4v) is 2.15. The van der Waals surface area contributed by atoms with Crippen molar-refractivity contribution in [2.45, 2.75) is 25.8 Å². The van der Waals surface area contributed by atoms with E-state index in [1.165, 1.54) is 12.2 Å². The quantitative estimate of drug-likeness (QED) is 0.791. The molecule has 0 unspecified atom stereocenters. The van der Waals surface area contributed by atoms with E-state index >= 15 is 0 Å². The highest BCUT2D eigenvalue weighted by Crippen LogP contribution is 2.19. The normalized spacial score (nSPS) is 12.3. The number of amides is 1. The van der Waals surface area contributed by atoms with Crippen LogP contribution in [0.4, 0.5) is 0 Å². The number of rotatable bonds is 6. The molecule has 0 saturated heterocycles. The van der Waals surface area contributed by atoms with Crippen molar-refractivity contribution in [2.75, 3.05) is 0 Å². The van der Waals surface area contributed by atoms with Crippen molar-refractivity contribution in [3.63, 3.8) is 0 Å². The van der Waals surface area contributed by atoms with Crippen LogP contribution in [-0.2, 0) is 9.59 Å². The molecule has 1 amide bonds. The van der Waals surface area contributed by atoms with Crippen LogP contribution >= 0.6 is 23.2 Å². The van der Waals surface area contributed by atoms with Crippen molar-refractivity contribution in [2.24, 2.45) is 0 Å². The van der Waals surface area contributed by atoms with Crippen molar-refractivity contribution >= 4 is 41.2 Å². The number of hydrogen-bond acceptors (Lipinski definition) is 2. The van der Waals surface area contributed by atoms with Gasteiger partial charge in [0.05, 0.1) is 0 Å². The van der Waals surface area contributed by atoms with Gasteiger partial charge >= 0.3 is 5.97 Å². The number of carbonyl (C=O) groups excluding carboxylic acids is 1. The van der Waals surface area contributed by atoms with E-state index in [1.807, 2.05) is 6.92 Å². The zero-order chi connectivity index (χ0) is 15.1. The lowest BCUT2D eigenvalue weighted by atomic mass is 10.1. The summed E-state index contributed by atoms with van der Waals surface area (Å²) in [4.78, 5) is 22.6. The zero-order valence-corrected chi connectivity index (χ0v) is 12.4. The summed E-state index contributed by atoms with van der Waals surface area (Å²) < 4.78 is 0. The van der Waals surface area contributed by atoms with Gasteiger partial charge in [-0.3, -0.25) is 4.79 Å². The van der Waals surface area contributed by atoms with Crippen molar-refractivity contribution in [3.8, 4) is 0 Å². The Morgan fingerprint density at radius 3 is 2.40 bits per heavy atom. The predicted molar refractivity (Wildman–Crippen MR) is 80.0 cm³/mol. The molecule has 0 heterocycles. The number of carboxylic acid groups (broad SMARTS) is 1. The van der Waals surface area contributed by atoms with Crippen molar-refractivity contribution in [1.82, 2.24) is 5.32 Å². The van der Waals surface area contributed by atoms with Gasteiger partial charge < -0.3 is 10.4 Å². The van der Waals surface area contributed by atoms with Gasteiger partial charge in [0.2, 0.25) is 5.91 Å². The standard InChI is InChI=1S/C14H15Cl2NO3/c1-2-3-12(14(19)20)17-13(18)5-4-9-6-10(15)8-11(16)7-9/h4-8,12H,2-3H2,1H3,(H,17,18)(H,19,20)/b5-4+/t12-/m0/s1. The Labute approximate surface area is 127 Å². The van der Waals surface area contributed by atoms with E-state index in [0.717, 1.165) is 0 Å². The minimum absolute atomic E-state index is 0.387. The average molecular weight is 316 g/mol. The van der Waals surface area contributed by atoms with E-state index < -0.39 is 17.9 Å². The third kappa shape index (κ3) is 5.63. The molecule has 0 aliphatic heterocycles. The summed E-state index contributed by atoms with van der Waals surface area (Å²) in [6.07, 6.45) is 3.84. The summed E-state index contributed by atoms with van der Waals surface area (Å²) in [5, 5.41) is 12.3.